The van der Waals surface area contributed by atoms with Gasteiger partial charge in [0.1, 0.15) is 5.69 Å². The van der Waals surface area contributed by atoms with Crippen molar-refractivity contribution in [3.05, 3.63) is 26.6 Å². The van der Waals surface area contributed by atoms with Gasteiger partial charge in [0.15, 0.2) is 0 Å². The van der Waals surface area contributed by atoms with Crippen molar-refractivity contribution in [3.63, 3.8) is 0 Å². The van der Waals surface area contributed by atoms with Crippen LogP contribution in [0.4, 0.5) is 8.78 Å². The van der Waals surface area contributed by atoms with Crippen LogP contribution in [0.3, 0.4) is 0 Å². The molecule has 0 bridgehead atoms. The molecular formula is C8H5BrF2INO2. The van der Waals surface area contributed by atoms with Crippen molar-refractivity contribution in [3.8, 4) is 0 Å². The monoisotopic (exact) mass is 391 g/mol. The second-order valence-corrected chi connectivity index (χ2v) is 4.23. The number of carboxylic acids is 1. The van der Waals surface area contributed by atoms with Gasteiger partial charge in [-0.15, -0.1) is 0 Å². The lowest BCUT2D eigenvalue weighted by Gasteiger charge is -2.09. The third-order valence-corrected chi connectivity index (χ3v) is 3.48. The van der Waals surface area contributed by atoms with Crippen molar-refractivity contribution < 1.29 is 18.7 Å². The van der Waals surface area contributed by atoms with Gasteiger partial charge in [-0.25, -0.2) is 13.6 Å². The minimum absolute atomic E-state index is 0.0549. The lowest BCUT2D eigenvalue weighted by atomic mass is 10.1. The molecule has 0 fully saturated rings. The molecule has 0 unspecified atom stereocenters. The fourth-order valence-electron chi connectivity index (χ4n) is 1.01. The first-order chi connectivity index (χ1) is 6.99. The third-order valence-electron chi connectivity index (χ3n) is 1.72. The molecule has 0 aliphatic heterocycles. The van der Waals surface area contributed by atoms with Gasteiger partial charge in [-0.05, 0) is 28.2 Å². The molecule has 0 spiro atoms. The van der Waals surface area contributed by atoms with Gasteiger partial charge in [0.2, 0.25) is 0 Å². The third kappa shape index (κ3) is 2.63. The molecule has 0 radical (unpaired) electrons. The van der Waals surface area contributed by atoms with E-state index in [0.29, 0.717) is 5.56 Å². The highest BCUT2D eigenvalue weighted by atomic mass is 127. The van der Waals surface area contributed by atoms with Crippen molar-refractivity contribution in [2.24, 2.45) is 0 Å². The number of pyridine rings is 1. The van der Waals surface area contributed by atoms with Gasteiger partial charge < -0.3 is 5.11 Å². The Balaban J connectivity index is 3.39. The van der Waals surface area contributed by atoms with Crippen molar-refractivity contribution >= 4 is 44.5 Å². The smallest absolute Gasteiger partial charge is 0.337 e. The fourth-order valence-corrected chi connectivity index (χ4v) is 2.97. The number of halogens is 4. The number of aromatic carboxylic acids is 1. The van der Waals surface area contributed by atoms with E-state index in [1.807, 2.05) is 0 Å². The van der Waals surface area contributed by atoms with Crippen LogP contribution in [0.25, 0.3) is 0 Å². The van der Waals surface area contributed by atoms with Crippen LogP contribution in [0.5, 0.6) is 0 Å². The summed E-state index contributed by atoms with van der Waals surface area (Å²) in [5.41, 5.74) is -0.107. The molecule has 0 atom stereocenters. The molecule has 0 aliphatic rings. The van der Waals surface area contributed by atoms with E-state index in [0.717, 1.165) is 6.20 Å². The van der Waals surface area contributed by atoms with Crippen LogP contribution in [0.2, 0.25) is 0 Å². The Bertz CT molecular complexity index is 400. The van der Waals surface area contributed by atoms with E-state index in [2.05, 4.69) is 20.9 Å². The number of hydrogen-bond acceptors (Lipinski definition) is 2. The number of nitrogens with zero attached hydrogens (tertiary/aromatic N) is 1. The summed E-state index contributed by atoms with van der Waals surface area (Å²) in [5.74, 6) is -1.17. The highest BCUT2D eigenvalue weighted by Crippen LogP contribution is 2.28. The highest BCUT2D eigenvalue weighted by Gasteiger charge is 2.21. The fraction of sp³-hybridized carbons (Fsp3) is 0.250. The van der Waals surface area contributed by atoms with Crippen molar-refractivity contribution in [1.82, 2.24) is 4.98 Å². The van der Waals surface area contributed by atoms with E-state index >= 15 is 0 Å². The van der Waals surface area contributed by atoms with Gasteiger partial charge in [0.05, 0.1) is 5.56 Å². The largest absolute Gasteiger partial charge is 0.478 e. The van der Waals surface area contributed by atoms with Gasteiger partial charge in [-0.3, -0.25) is 4.98 Å². The maximum atomic E-state index is 12.4. The van der Waals surface area contributed by atoms with E-state index < -0.39 is 12.4 Å². The molecule has 3 nitrogen and oxygen atoms in total. The SMILES string of the molecule is O=C(O)c1cnc(C(F)F)c(I)c1CBr. The second-order valence-electron chi connectivity index (χ2n) is 2.59. The van der Waals surface area contributed by atoms with Gasteiger partial charge in [-0.1, -0.05) is 15.9 Å². The van der Waals surface area contributed by atoms with E-state index in [9.17, 15) is 13.6 Å². The first-order valence-electron chi connectivity index (χ1n) is 3.73. The Labute approximate surface area is 106 Å². The van der Waals surface area contributed by atoms with E-state index in [4.69, 9.17) is 5.11 Å². The first kappa shape index (κ1) is 12.8. The number of alkyl halides is 3. The van der Waals surface area contributed by atoms with Crippen LogP contribution in [-0.4, -0.2) is 16.1 Å². The standard InChI is InChI=1S/C8H5BrF2INO2/c9-1-3-4(8(14)15)2-13-6(5(3)12)7(10)11/h2,7H,1H2,(H,14,15). The Kier molecular flexibility index (Phi) is 4.38. The Morgan fingerprint density at radius 1 is 1.67 bits per heavy atom. The van der Waals surface area contributed by atoms with Crippen LogP contribution < -0.4 is 0 Å². The predicted molar refractivity (Wildman–Crippen MR) is 61.5 cm³/mol. The number of carboxylic acid groups (broad SMARTS) is 1. The van der Waals surface area contributed by atoms with Crippen molar-refractivity contribution in [2.75, 3.05) is 0 Å². The highest BCUT2D eigenvalue weighted by molar-refractivity contribution is 14.1. The van der Waals surface area contributed by atoms with Crippen LogP contribution in [-0.2, 0) is 5.33 Å². The van der Waals surface area contributed by atoms with Crippen molar-refractivity contribution in [1.29, 1.82) is 0 Å². The summed E-state index contributed by atoms with van der Waals surface area (Å²) in [7, 11) is 0. The minimum atomic E-state index is -2.70. The minimum Gasteiger partial charge on any atom is -0.478 e. The second kappa shape index (κ2) is 5.15. The van der Waals surface area contributed by atoms with Crippen LogP contribution >= 0.6 is 38.5 Å². The zero-order valence-corrected chi connectivity index (χ0v) is 10.9. The molecule has 1 heterocycles. The topological polar surface area (TPSA) is 50.2 Å². The number of rotatable bonds is 3. The maximum Gasteiger partial charge on any atom is 0.337 e. The van der Waals surface area contributed by atoms with Gasteiger partial charge in [0, 0.05) is 15.1 Å². The number of hydrogen-bond donors (Lipinski definition) is 1. The van der Waals surface area contributed by atoms with E-state index in [-0.39, 0.29) is 20.2 Å². The Morgan fingerprint density at radius 3 is 2.67 bits per heavy atom. The van der Waals surface area contributed by atoms with Gasteiger partial charge >= 0.3 is 5.97 Å². The maximum absolute atomic E-state index is 12.4. The average molecular weight is 392 g/mol. The molecule has 7 heteroatoms. The molecule has 82 valence electrons. The van der Waals surface area contributed by atoms with E-state index in [1.165, 1.54) is 0 Å². The van der Waals surface area contributed by atoms with Crippen LogP contribution in [0.1, 0.15) is 28.0 Å². The molecule has 1 N–H and O–H groups in total. The normalized spacial score (nSPS) is 10.7. The number of carbonyl (C=O) groups is 1. The lowest BCUT2D eigenvalue weighted by Crippen LogP contribution is -2.08. The zero-order valence-electron chi connectivity index (χ0n) is 7.18. The number of aromatic nitrogens is 1. The summed E-state index contributed by atoms with van der Waals surface area (Å²) in [6.07, 6.45) is -1.74. The molecule has 1 aromatic heterocycles. The Hall–Kier alpha value is -0.310. The quantitative estimate of drug-likeness (QED) is 0.635. The summed E-state index contributed by atoms with van der Waals surface area (Å²) in [6.45, 7) is 0. The molecule has 0 saturated heterocycles. The molecule has 0 aliphatic carbocycles. The van der Waals surface area contributed by atoms with Crippen LogP contribution in [0, 0.1) is 3.57 Å². The predicted octanol–water partition coefficient (Wildman–Crippen LogP) is 3.22. The average Bonchev–Trinajstić information content (AvgIpc) is 2.16. The van der Waals surface area contributed by atoms with Crippen LogP contribution in [0.15, 0.2) is 6.20 Å². The van der Waals surface area contributed by atoms with Gasteiger partial charge in [-0.2, -0.15) is 0 Å². The molecular weight excluding hydrogens is 387 g/mol. The zero-order chi connectivity index (χ0) is 11.6. The summed E-state index contributed by atoms with van der Waals surface area (Å²) >= 11 is 4.75. The van der Waals surface area contributed by atoms with E-state index in [1.54, 1.807) is 22.6 Å². The summed E-state index contributed by atoms with van der Waals surface area (Å²) in [4.78, 5) is 14.2. The molecule has 0 amide bonds. The van der Waals surface area contributed by atoms with Crippen molar-refractivity contribution in [2.45, 2.75) is 11.8 Å². The summed E-state index contributed by atoms with van der Waals surface area (Å²) in [5, 5.41) is 9.00. The Morgan fingerprint density at radius 2 is 2.27 bits per heavy atom. The molecule has 0 saturated carbocycles. The van der Waals surface area contributed by atoms with Gasteiger partial charge in [0.25, 0.3) is 6.43 Å². The molecule has 15 heavy (non-hydrogen) atoms. The molecule has 1 aromatic rings. The summed E-state index contributed by atoms with van der Waals surface area (Å²) in [6, 6.07) is 0. The first-order valence-corrected chi connectivity index (χ1v) is 5.93. The lowest BCUT2D eigenvalue weighted by molar-refractivity contribution is 0.0694. The molecule has 1 rings (SSSR count). The molecule has 0 aromatic carbocycles. The summed E-state index contributed by atoms with van der Waals surface area (Å²) < 4.78 is 25.1.